The minimum absolute atomic E-state index is 0.0301. The smallest absolute Gasteiger partial charge is 0.0804 e. The van der Waals surface area contributed by atoms with Crippen molar-refractivity contribution in [3.63, 3.8) is 0 Å². The van der Waals surface area contributed by atoms with Gasteiger partial charge in [-0.25, -0.2) is 0 Å². The molecule has 0 radical (unpaired) electrons. The highest BCUT2D eigenvalue weighted by Crippen LogP contribution is 2.61. The standard InChI is InChI=1S/C22H34N2O2/c1-17(16-24-26-13-12-23)14-20-9-11-22(25)15-19(8-10-21(20,22)2)18-6-4-3-5-7-18/h3-7,14,19-20,24-25H,8-13,15-16,23H2,1-2H3/b17-14+/t19-,20+,21+,22-/m0/s1. The summed E-state index contributed by atoms with van der Waals surface area (Å²) in [5.41, 5.74) is 10.5. The van der Waals surface area contributed by atoms with E-state index in [4.69, 9.17) is 10.6 Å². The molecule has 4 N–H and O–H groups in total. The highest BCUT2D eigenvalue weighted by Gasteiger charge is 2.58. The number of hydrogen-bond acceptors (Lipinski definition) is 4. The van der Waals surface area contributed by atoms with Crippen LogP contribution in [-0.2, 0) is 4.84 Å². The lowest BCUT2D eigenvalue weighted by molar-refractivity contribution is -0.0985. The van der Waals surface area contributed by atoms with Crippen LogP contribution in [0.5, 0.6) is 0 Å². The first-order valence-corrected chi connectivity index (χ1v) is 9.98. The number of nitrogens with two attached hydrogens (primary N) is 1. The lowest BCUT2D eigenvalue weighted by Gasteiger charge is -2.49. The maximum Gasteiger partial charge on any atom is 0.0804 e. The topological polar surface area (TPSA) is 67.5 Å². The van der Waals surface area contributed by atoms with Crippen molar-refractivity contribution >= 4 is 0 Å². The van der Waals surface area contributed by atoms with Crippen molar-refractivity contribution in [1.29, 1.82) is 0 Å². The summed E-state index contributed by atoms with van der Waals surface area (Å²) < 4.78 is 0. The molecule has 4 atom stereocenters. The molecule has 0 aromatic heterocycles. The molecule has 0 aliphatic heterocycles. The second-order valence-electron chi connectivity index (χ2n) is 8.42. The Bertz CT molecular complexity index is 618. The summed E-state index contributed by atoms with van der Waals surface area (Å²) in [6, 6.07) is 10.7. The van der Waals surface area contributed by atoms with Crippen molar-refractivity contribution < 1.29 is 9.94 Å². The summed E-state index contributed by atoms with van der Waals surface area (Å²) in [4.78, 5) is 5.27. The van der Waals surface area contributed by atoms with E-state index in [0.717, 1.165) is 32.1 Å². The minimum Gasteiger partial charge on any atom is -0.389 e. The zero-order valence-corrected chi connectivity index (χ0v) is 16.2. The zero-order valence-electron chi connectivity index (χ0n) is 16.2. The molecule has 2 saturated carbocycles. The number of nitrogens with one attached hydrogen (secondary N) is 1. The van der Waals surface area contributed by atoms with Gasteiger partial charge < -0.3 is 15.7 Å². The predicted molar refractivity (Wildman–Crippen MR) is 106 cm³/mol. The van der Waals surface area contributed by atoms with E-state index in [0.29, 0.717) is 31.5 Å². The third kappa shape index (κ3) is 3.89. The normalized spacial score (nSPS) is 34.7. The van der Waals surface area contributed by atoms with Crippen LogP contribution in [0.15, 0.2) is 42.0 Å². The van der Waals surface area contributed by atoms with Crippen molar-refractivity contribution in [3.8, 4) is 0 Å². The molecule has 26 heavy (non-hydrogen) atoms. The number of aliphatic hydroxyl groups is 1. The molecule has 0 amide bonds. The van der Waals surface area contributed by atoms with Gasteiger partial charge >= 0.3 is 0 Å². The van der Waals surface area contributed by atoms with Crippen LogP contribution in [-0.4, -0.2) is 30.4 Å². The minimum atomic E-state index is -0.559. The van der Waals surface area contributed by atoms with Gasteiger partial charge in [-0.15, -0.1) is 0 Å². The van der Waals surface area contributed by atoms with Crippen LogP contribution >= 0.6 is 0 Å². The quantitative estimate of drug-likeness (QED) is 0.396. The van der Waals surface area contributed by atoms with Crippen molar-refractivity contribution in [2.45, 2.75) is 57.5 Å². The number of allylic oxidation sites excluding steroid dienone is 1. The maximum absolute atomic E-state index is 11.5. The number of benzene rings is 1. The van der Waals surface area contributed by atoms with Crippen molar-refractivity contribution in [3.05, 3.63) is 47.5 Å². The molecule has 2 fully saturated rings. The van der Waals surface area contributed by atoms with E-state index in [2.05, 4.69) is 55.7 Å². The van der Waals surface area contributed by atoms with E-state index in [1.807, 2.05) is 0 Å². The second-order valence-corrected chi connectivity index (χ2v) is 8.42. The Balaban J connectivity index is 1.67. The zero-order chi connectivity index (χ0) is 18.6. The second kappa shape index (κ2) is 8.22. The van der Waals surface area contributed by atoms with Gasteiger partial charge in [0, 0.05) is 18.5 Å². The fraction of sp³-hybridized carbons (Fsp3) is 0.636. The molecule has 2 aliphatic rings. The van der Waals surface area contributed by atoms with Crippen LogP contribution in [0.3, 0.4) is 0 Å². The summed E-state index contributed by atoms with van der Waals surface area (Å²) in [6.07, 6.45) is 7.45. The lowest BCUT2D eigenvalue weighted by Crippen LogP contribution is -2.49. The van der Waals surface area contributed by atoms with Gasteiger partial charge in [-0.2, -0.15) is 5.48 Å². The summed E-state index contributed by atoms with van der Waals surface area (Å²) in [5.74, 6) is 0.907. The Kier molecular flexibility index (Phi) is 6.18. The van der Waals surface area contributed by atoms with Crippen LogP contribution in [0.1, 0.15) is 57.4 Å². The van der Waals surface area contributed by atoms with Crippen molar-refractivity contribution in [1.82, 2.24) is 5.48 Å². The van der Waals surface area contributed by atoms with Gasteiger partial charge in [-0.1, -0.05) is 48.9 Å². The number of rotatable bonds is 7. The first kappa shape index (κ1) is 19.6. The molecule has 0 heterocycles. The molecule has 0 saturated heterocycles. The molecule has 1 aromatic rings. The summed E-state index contributed by atoms with van der Waals surface area (Å²) in [7, 11) is 0. The van der Waals surface area contributed by atoms with Crippen LogP contribution in [0.4, 0.5) is 0 Å². The monoisotopic (exact) mass is 358 g/mol. The average Bonchev–Trinajstić information content (AvgIpc) is 2.90. The van der Waals surface area contributed by atoms with Crippen molar-refractivity contribution in [2.24, 2.45) is 17.1 Å². The van der Waals surface area contributed by atoms with Crippen LogP contribution in [0.2, 0.25) is 0 Å². The molecule has 3 rings (SSSR count). The highest BCUT2D eigenvalue weighted by molar-refractivity contribution is 5.25. The number of hydrogen-bond donors (Lipinski definition) is 3. The fourth-order valence-corrected chi connectivity index (χ4v) is 5.06. The van der Waals surface area contributed by atoms with E-state index in [1.54, 1.807) is 0 Å². The Labute approximate surface area is 157 Å². The Morgan fingerprint density at radius 2 is 2.08 bits per heavy atom. The molecule has 0 spiro atoms. The van der Waals surface area contributed by atoms with Gasteiger partial charge in [0.05, 0.1) is 12.2 Å². The van der Waals surface area contributed by atoms with Gasteiger partial charge in [-0.3, -0.25) is 0 Å². The highest BCUT2D eigenvalue weighted by atomic mass is 16.6. The molecule has 0 unspecified atom stereocenters. The average molecular weight is 359 g/mol. The predicted octanol–water partition coefficient (Wildman–Crippen LogP) is 3.53. The van der Waals surface area contributed by atoms with E-state index in [-0.39, 0.29) is 5.41 Å². The maximum atomic E-state index is 11.5. The van der Waals surface area contributed by atoms with Gasteiger partial charge in [0.2, 0.25) is 0 Å². The largest absolute Gasteiger partial charge is 0.389 e. The fourth-order valence-electron chi connectivity index (χ4n) is 5.06. The van der Waals surface area contributed by atoms with E-state index < -0.39 is 5.60 Å². The Morgan fingerprint density at radius 1 is 1.31 bits per heavy atom. The van der Waals surface area contributed by atoms with Crippen LogP contribution in [0.25, 0.3) is 0 Å². The Morgan fingerprint density at radius 3 is 2.81 bits per heavy atom. The SMILES string of the molecule is C/C(=C\[C@H]1CC[C@]2(O)C[C@@H](c3ccccc3)CC[C@]12C)CNOCCN. The molecular weight excluding hydrogens is 324 g/mol. The van der Waals surface area contributed by atoms with Crippen LogP contribution < -0.4 is 11.2 Å². The van der Waals surface area contributed by atoms with Gasteiger partial charge in [0.1, 0.15) is 0 Å². The molecule has 4 heteroatoms. The first-order chi connectivity index (χ1) is 12.5. The van der Waals surface area contributed by atoms with Crippen molar-refractivity contribution in [2.75, 3.05) is 19.7 Å². The summed E-state index contributed by atoms with van der Waals surface area (Å²) in [6.45, 7) is 6.18. The van der Waals surface area contributed by atoms with Gasteiger partial charge in [0.15, 0.2) is 0 Å². The summed E-state index contributed by atoms with van der Waals surface area (Å²) in [5, 5.41) is 11.5. The molecule has 144 valence electrons. The third-order valence-electron chi connectivity index (χ3n) is 6.78. The molecule has 1 aromatic carbocycles. The summed E-state index contributed by atoms with van der Waals surface area (Å²) >= 11 is 0. The van der Waals surface area contributed by atoms with Gasteiger partial charge in [0.25, 0.3) is 0 Å². The molecule has 2 aliphatic carbocycles. The first-order valence-electron chi connectivity index (χ1n) is 9.98. The van der Waals surface area contributed by atoms with Gasteiger partial charge in [-0.05, 0) is 56.4 Å². The van der Waals surface area contributed by atoms with E-state index >= 15 is 0 Å². The molecule has 4 nitrogen and oxygen atoms in total. The molecule has 0 bridgehead atoms. The Hall–Kier alpha value is -1.20. The third-order valence-corrected chi connectivity index (χ3v) is 6.78. The van der Waals surface area contributed by atoms with E-state index in [1.165, 1.54) is 11.1 Å². The number of fused-ring (bicyclic) bond motifs is 1. The molecular formula is C22H34N2O2. The number of hydroxylamine groups is 1. The lowest BCUT2D eigenvalue weighted by atomic mass is 9.59. The van der Waals surface area contributed by atoms with Crippen LogP contribution in [0, 0.1) is 11.3 Å². The van der Waals surface area contributed by atoms with E-state index in [9.17, 15) is 5.11 Å².